The van der Waals surface area contributed by atoms with Crippen LogP contribution in [0.25, 0.3) is 16.6 Å². The summed E-state index contributed by atoms with van der Waals surface area (Å²) in [5.41, 5.74) is 2.79. The molecule has 3 heterocycles. The smallest absolute Gasteiger partial charge is 0.254 e. The molecular weight excluding hydrogens is 401 g/mol. The van der Waals surface area contributed by atoms with Gasteiger partial charge in [-0.2, -0.15) is 5.10 Å². The molecule has 4 rings (SSSR count). The zero-order chi connectivity index (χ0) is 21.1. The average Bonchev–Trinajstić information content (AvgIpc) is 3.22. The minimum Gasteiger partial charge on any atom is -0.345 e. The van der Waals surface area contributed by atoms with Gasteiger partial charge in [0.1, 0.15) is 10.8 Å². The van der Waals surface area contributed by atoms with Crippen LogP contribution in [0.4, 0.5) is 4.39 Å². The maximum atomic E-state index is 13.3. The second-order valence-corrected chi connectivity index (χ2v) is 7.48. The van der Waals surface area contributed by atoms with Gasteiger partial charge in [-0.3, -0.25) is 9.78 Å². The third kappa shape index (κ3) is 3.78. The van der Waals surface area contributed by atoms with Crippen LogP contribution in [0, 0.1) is 5.82 Å². The van der Waals surface area contributed by atoms with E-state index in [9.17, 15) is 9.18 Å². The molecule has 0 saturated heterocycles. The Morgan fingerprint density at radius 3 is 2.73 bits per heavy atom. The summed E-state index contributed by atoms with van der Waals surface area (Å²) in [4.78, 5) is 21.8. The minimum absolute atomic E-state index is 0.170. The summed E-state index contributed by atoms with van der Waals surface area (Å²) in [6, 6.07) is 9.70. The number of carbonyl (C=O) groups is 1. The molecule has 0 spiro atoms. The lowest BCUT2D eigenvalue weighted by Gasteiger charge is -2.19. The number of fused-ring (bicyclic) bond motifs is 1. The van der Waals surface area contributed by atoms with E-state index in [0.717, 1.165) is 17.0 Å². The second-order valence-electron chi connectivity index (χ2n) is 6.69. The molecule has 8 heteroatoms. The summed E-state index contributed by atoms with van der Waals surface area (Å²) in [7, 11) is 0. The molecule has 0 aliphatic rings. The Bertz CT molecular complexity index is 1190. The minimum atomic E-state index is -0.320. The summed E-state index contributed by atoms with van der Waals surface area (Å²) >= 11 is 1.55. The summed E-state index contributed by atoms with van der Waals surface area (Å²) in [5.74, 6) is -0.548. The van der Waals surface area contributed by atoms with Gasteiger partial charge in [0.05, 0.1) is 35.2 Å². The molecule has 6 nitrogen and oxygen atoms in total. The summed E-state index contributed by atoms with van der Waals surface area (Å²) < 4.78 is 14.9. The number of rotatable bonds is 6. The number of thioether (sulfide) groups is 1. The van der Waals surface area contributed by atoms with Crippen molar-refractivity contribution in [3.8, 4) is 5.69 Å². The predicted molar refractivity (Wildman–Crippen MR) is 115 cm³/mol. The van der Waals surface area contributed by atoms with Gasteiger partial charge in [-0.05, 0) is 43.0 Å². The van der Waals surface area contributed by atoms with Gasteiger partial charge in [-0.25, -0.2) is 14.1 Å². The summed E-state index contributed by atoms with van der Waals surface area (Å²) in [6.45, 7) is 2.02. The van der Waals surface area contributed by atoms with Crippen molar-refractivity contribution < 1.29 is 9.18 Å². The van der Waals surface area contributed by atoms with Crippen LogP contribution in [0.2, 0.25) is 0 Å². The first-order chi connectivity index (χ1) is 14.6. The van der Waals surface area contributed by atoms with E-state index in [1.54, 1.807) is 53.4 Å². The number of nitrogens with zero attached hydrogens (tertiary/aromatic N) is 4. The number of aromatic nitrogens is 4. The second kappa shape index (κ2) is 8.62. The van der Waals surface area contributed by atoms with E-state index in [0.29, 0.717) is 22.2 Å². The largest absolute Gasteiger partial charge is 0.345 e. The van der Waals surface area contributed by atoms with E-state index in [4.69, 9.17) is 0 Å². The molecule has 1 aromatic carbocycles. The standard InChI is InChI=1S/C22H20FN5OS/c1-3-19(16-5-4-10-25-22(16)30-2)27-21(29)18-11-24-13-20-17(18)12-26-28(20)15-8-6-14(23)7-9-15/h4-13,19H,3H2,1-2H3,(H,27,29)/t19-/m0/s1. The first kappa shape index (κ1) is 20.0. The van der Waals surface area contributed by atoms with E-state index in [1.165, 1.54) is 12.1 Å². The Hall–Kier alpha value is -3.26. The molecule has 0 saturated carbocycles. The van der Waals surface area contributed by atoms with E-state index in [1.807, 2.05) is 25.3 Å². The van der Waals surface area contributed by atoms with Gasteiger partial charge in [0.15, 0.2) is 0 Å². The monoisotopic (exact) mass is 421 g/mol. The van der Waals surface area contributed by atoms with Crippen LogP contribution in [-0.2, 0) is 0 Å². The van der Waals surface area contributed by atoms with Crippen molar-refractivity contribution in [3.63, 3.8) is 0 Å². The van der Waals surface area contributed by atoms with Crippen LogP contribution in [0.5, 0.6) is 0 Å². The van der Waals surface area contributed by atoms with Crippen LogP contribution in [0.3, 0.4) is 0 Å². The Balaban J connectivity index is 1.67. The number of amides is 1. The zero-order valence-corrected chi connectivity index (χ0v) is 17.4. The fraction of sp³-hybridized carbons (Fsp3) is 0.182. The molecule has 152 valence electrons. The zero-order valence-electron chi connectivity index (χ0n) is 16.5. The first-order valence-electron chi connectivity index (χ1n) is 9.49. The topological polar surface area (TPSA) is 72.7 Å². The van der Waals surface area contributed by atoms with E-state index >= 15 is 0 Å². The Morgan fingerprint density at radius 1 is 1.20 bits per heavy atom. The third-order valence-electron chi connectivity index (χ3n) is 4.90. The number of carbonyl (C=O) groups excluding carboxylic acids is 1. The van der Waals surface area contributed by atoms with Gasteiger partial charge in [0, 0.05) is 23.3 Å². The van der Waals surface area contributed by atoms with E-state index in [2.05, 4.69) is 20.4 Å². The highest BCUT2D eigenvalue weighted by atomic mass is 32.2. The highest BCUT2D eigenvalue weighted by molar-refractivity contribution is 7.98. The van der Waals surface area contributed by atoms with E-state index < -0.39 is 0 Å². The normalized spacial score (nSPS) is 12.1. The number of benzene rings is 1. The number of hydrogen-bond donors (Lipinski definition) is 1. The predicted octanol–water partition coefficient (Wildman–Crippen LogP) is 4.56. The maximum absolute atomic E-state index is 13.3. The van der Waals surface area contributed by atoms with Crippen molar-refractivity contribution in [2.24, 2.45) is 0 Å². The van der Waals surface area contributed by atoms with Gasteiger partial charge in [0.2, 0.25) is 0 Å². The fourth-order valence-electron chi connectivity index (χ4n) is 3.39. The van der Waals surface area contributed by atoms with E-state index in [-0.39, 0.29) is 17.8 Å². The molecule has 0 bridgehead atoms. The van der Waals surface area contributed by atoms with Gasteiger partial charge < -0.3 is 5.32 Å². The Morgan fingerprint density at radius 2 is 2.00 bits per heavy atom. The Labute approximate surface area is 177 Å². The molecule has 0 fully saturated rings. The Kier molecular flexibility index (Phi) is 5.76. The number of pyridine rings is 2. The van der Waals surface area contributed by atoms with Crippen LogP contribution in [0.15, 0.2) is 66.2 Å². The molecule has 30 heavy (non-hydrogen) atoms. The molecule has 0 aliphatic heterocycles. The number of halogens is 1. The van der Waals surface area contributed by atoms with Crippen molar-refractivity contribution in [3.05, 3.63) is 78.1 Å². The quantitative estimate of drug-likeness (QED) is 0.462. The molecule has 0 radical (unpaired) electrons. The lowest BCUT2D eigenvalue weighted by Crippen LogP contribution is -2.29. The molecule has 1 amide bonds. The maximum Gasteiger partial charge on any atom is 0.254 e. The number of nitrogens with one attached hydrogen (secondary N) is 1. The third-order valence-corrected chi connectivity index (χ3v) is 5.62. The SMILES string of the molecule is CC[C@H](NC(=O)c1cncc2c1cnn2-c1ccc(F)cc1)c1cccnc1SC. The van der Waals surface area contributed by atoms with Gasteiger partial charge in [-0.1, -0.05) is 13.0 Å². The molecular formula is C22H20FN5OS. The molecule has 4 aromatic rings. The highest BCUT2D eigenvalue weighted by Crippen LogP contribution is 2.27. The van der Waals surface area contributed by atoms with Crippen LogP contribution < -0.4 is 5.32 Å². The lowest BCUT2D eigenvalue weighted by atomic mass is 10.1. The molecule has 1 atom stereocenters. The van der Waals surface area contributed by atoms with Gasteiger partial charge in [0.25, 0.3) is 5.91 Å². The van der Waals surface area contributed by atoms with Crippen LogP contribution in [0.1, 0.15) is 35.3 Å². The van der Waals surface area contributed by atoms with Crippen LogP contribution >= 0.6 is 11.8 Å². The molecule has 1 N–H and O–H groups in total. The highest BCUT2D eigenvalue weighted by Gasteiger charge is 2.20. The summed E-state index contributed by atoms with van der Waals surface area (Å²) in [6.07, 6.45) is 9.26. The average molecular weight is 422 g/mol. The first-order valence-corrected chi connectivity index (χ1v) is 10.7. The van der Waals surface area contributed by atoms with Crippen molar-refractivity contribution >= 4 is 28.6 Å². The van der Waals surface area contributed by atoms with Crippen LogP contribution in [-0.4, -0.2) is 31.9 Å². The molecule has 0 unspecified atom stereocenters. The van der Waals surface area contributed by atoms with Gasteiger partial charge in [-0.15, -0.1) is 11.8 Å². The molecule has 3 aromatic heterocycles. The van der Waals surface area contributed by atoms with Crippen molar-refractivity contribution in [2.45, 2.75) is 24.4 Å². The lowest BCUT2D eigenvalue weighted by molar-refractivity contribution is 0.0936. The summed E-state index contributed by atoms with van der Waals surface area (Å²) in [5, 5.41) is 9.06. The van der Waals surface area contributed by atoms with Gasteiger partial charge >= 0.3 is 0 Å². The fourth-order valence-corrected chi connectivity index (χ4v) is 4.00. The van der Waals surface area contributed by atoms with Crippen molar-refractivity contribution in [1.29, 1.82) is 0 Å². The molecule has 0 aliphatic carbocycles. The number of hydrogen-bond acceptors (Lipinski definition) is 5. The van der Waals surface area contributed by atoms with Crippen molar-refractivity contribution in [1.82, 2.24) is 25.1 Å². The van der Waals surface area contributed by atoms with Crippen molar-refractivity contribution in [2.75, 3.05) is 6.26 Å².